The van der Waals surface area contributed by atoms with Crippen LogP contribution in [0.5, 0.6) is 0 Å². The lowest BCUT2D eigenvalue weighted by Gasteiger charge is -2.36. The van der Waals surface area contributed by atoms with Crippen molar-refractivity contribution in [2.75, 3.05) is 0 Å². The summed E-state index contributed by atoms with van der Waals surface area (Å²) in [6.45, 7) is 0.352. The minimum Gasteiger partial charge on any atom is -0.481 e. The third kappa shape index (κ3) is 3.97. The average molecular weight is 337 g/mol. The summed E-state index contributed by atoms with van der Waals surface area (Å²) >= 11 is 6.08. The number of sulfonamides is 1. The fraction of sp³-hybridized carbons (Fsp3) is 0.583. The van der Waals surface area contributed by atoms with E-state index < -0.39 is 38.6 Å². The molecule has 4 unspecified atom stereocenters. The summed E-state index contributed by atoms with van der Waals surface area (Å²) < 4.78 is 28.1. The molecule has 1 saturated carbocycles. The fourth-order valence-corrected chi connectivity index (χ4v) is 4.33. The molecule has 0 aliphatic heterocycles. The SMILES string of the molecule is NS(=O)(=O)C1CC(C(=O)O)C(NCc2ccco2)CC1Cl. The van der Waals surface area contributed by atoms with Crippen LogP contribution in [-0.2, 0) is 21.4 Å². The van der Waals surface area contributed by atoms with E-state index in [1.807, 2.05) is 0 Å². The van der Waals surface area contributed by atoms with Crippen molar-refractivity contribution in [3.05, 3.63) is 24.2 Å². The smallest absolute Gasteiger partial charge is 0.308 e. The molecule has 21 heavy (non-hydrogen) atoms. The van der Waals surface area contributed by atoms with Crippen molar-refractivity contribution in [1.82, 2.24) is 5.32 Å². The molecule has 1 aromatic rings. The van der Waals surface area contributed by atoms with E-state index in [9.17, 15) is 18.3 Å². The van der Waals surface area contributed by atoms with Gasteiger partial charge in [-0.15, -0.1) is 11.6 Å². The van der Waals surface area contributed by atoms with Crippen LogP contribution in [-0.4, -0.2) is 36.2 Å². The molecule has 1 aromatic heterocycles. The third-order valence-electron chi connectivity index (χ3n) is 3.71. The standard InChI is InChI=1S/C12H17ClN2O5S/c13-9-5-10(15-6-7-2-1-3-20-7)8(12(16)17)4-11(9)21(14,18)19/h1-3,8-11,15H,4-6H2,(H,16,17)(H2,14,18,19). The molecule has 4 N–H and O–H groups in total. The first kappa shape index (κ1) is 16.3. The van der Waals surface area contributed by atoms with Gasteiger partial charge in [-0.25, -0.2) is 13.6 Å². The Labute approximate surface area is 127 Å². The highest BCUT2D eigenvalue weighted by Gasteiger charge is 2.44. The molecule has 0 aromatic carbocycles. The number of halogens is 1. The highest BCUT2D eigenvalue weighted by molar-refractivity contribution is 7.89. The Balaban J connectivity index is 2.08. The number of nitrogens with two attached hydrogens (primary N) is 1. The Morgan fingerprint density at radius 2 is 2.24 bits per heavy atom. The largest absolute Gasteiger partial charge is 0.481 e. The maximum Gasteiger partial charge on any atom is 0.308 e. The van der Waals surface area contributed by atoms with E-state index in [-0.39, 0.29) is 12.8 Å². The van der Waals surface area contributed by atoms with Crippen molar-refractivity contribution in [1.29, 1.82) is 0 Å². The van der Waals surface area contributed by atoms with Gasteiger partial charge in [-0.1, -0.05) is 0 Å². The topological polar surface area (TPSA) is 123 Å². The normalized spacial score (nSPS) is 30.2. The maximum absolute atomic E-state index is 11.5. The number of nitrogens with one attached hydrogen (secondary N) is 1. The molecule has 0 radical (unpaired) electrons. The molecule has 1 aliphatic rings. The zero-order valence-corrected chi connectivity index (χ0v) is 12.7. The van der Waals surface area contributed by atoms with Crippen molar-refractivity contribution in [3.8, 4) is 0 Å². The van der Waals surface area contributed by atoms with E-state index in [0.29, 0.717) is 12.3 Å². The number of rotatable bonds is 5. The van der Waals surface area contributed by atoms with E-state index >= 15 is 0 Å². The molecular weight excluding hydrogens is 320 g/mol. The number of alkyl halides is 1. The van der Waals surface area contributed by atoms with E-state index in [1.54, 1.807) is 12.1 Å². The van der Waals surface area contributed by atoms with Crippen LogP contribution in [0.4, 0.5) is 0 Å². The molecule has 4 atom stereocenters. The summed E-state index contributed by atoms with van der Waals surface area (Å²) in [5.74, 6) is -1.26. The van der Waals surface area contributed by atoms with Crippen LogP contribution in [0.15, 0.2) is 22.8 Å². The molecular formula is C12H17ClN2O5S. The molecule has 1 aliphatic carbocycles. The number of primary sulfonamides is 1. The summed E-state index contributed by atoms with van der Waals surface area (Å²) in [6.07, 6.45) is 1.63. The molecule has 9 heteroatoms. The van der Waals surface area contributed by atoms with Gasteiger partial charge in [0.1, 0.15) is 5.76 Å². The quantitative estimate of drug-likeness (QED) is 0.673. The van der Waals surface area contributed by atoms with Crippen LogP contribution in [0, 0.1) is 5.92 Å². The first-order valence-corrected chi connectivity index (χ1v) is 8.48. The number of carboxylic acids is 1. The predicted octanol–water partition coefficient (Wildman–Crippen LogP) is 0.497. The molecule has 0 saturated heterocycles. The molecule has 2 rings (SSSR count). The van der Waals surface area contributed by atoms with Crippen molar-refractivity contribution in [2.45, 2.75) is 36.1 Å². The summed E-state index contributed by atoms with van der Waals surface area (Å²) in [4.78, 5) is 11.4. The minimum atomic E-state index is -3.86. The van der Waals surface area contributed by atoms with Crippen LogP contribution in [0.25, 0.3) is 0 Å². The van der Waals surface area contributed by atoms with E-state index in [2.05, 4.69) is 5.32 Å². The Morgan fingerprint density at radius 1 is 1.52 bits per heavy atom. The van der Waals surface area contributed by atoms with Crippen LogP contribution in [0.3, 0.4) is 0 Å². The minimum absolute atomic E-state index is 0.0991. The van der Waals surface area contributed by atoms with Crippen LogP contribution < -0.4 is 10.5 Å². The summed E-state index contributed by atoms with van der Waals surface area (Å²) in [6, 6.07) is 3.05. The van der Waals surface area contributed by atoms with E-state index in [4.69, 9.17) is 21.2 Å². The monoisotopic (exact) mass is 336 g/mol. The van der Waals surface area contributed by atoms with Crippen molar-refractivity contribution >= 4 is 27.6 Å². The number of carbonyl (C=O) groups is 1. The molecule has 0 spiro atoms. The van der Waals surface area contributed by atoms with Gasteiger partial charge in [0.15, 0.2) is 0 Å². The first-order chi connectivity index (χ1) is 9.79. The van der Waals surface area contributed by atoms with Gasteiger partial charge in [0.2, 0.25) is 10.0 Å². The fourth-order valence-electron chi connectivity index (χ4n) is 2.60. The predicted molar refractivity (Wildman–Crippen MR) is 76.2 cm³/mol. The summed E-state index contributed by atoms with van der Waals surface area (Å²) in [5.41, 5.74) is 0. The Bertz CT molecular complexity index is 589. The van der Waals surface area contributed by atoms with Crippen LogP contribution in [0.2, 0.25) is 0 Å². The number of aliphatic carboxylic acids is 1. The molecule has 0 bridgehead atoms. The van der Waals surface area contributed by atoms with E-state index in [0.717, 1.165) is 0 Å². The van der Waals surface area contributed by atoms with E-state index in [1.165, 1.54) is 6.26 Å². The molecule has 1 fully saturated rings. The van der Waals surface area contributed by atoms with Crippen molar-refractivity contribution in [3.63, 3.8) is 0 Å². The lowest BCUT2D eigenvalue weighted by molar-refractivity contribution is -0.143. The molecule has 0 amide bonds. The second-order valence-electron chi connectivity index (χ2n) is 5.13. The van der Waals surface area contributed by atoms with Crippen molar-refractivity contribution in [2.24, 2.45) is 11.1 Å². The Morgan fingerprint density at radius 3 is 2.76 bits per heavy atom. The molecule has 118 valence electrons. The lowest BCUT2D eigenvalue weighted by Crippen LogP contribution is -2.52. The number of hydrogen-bond acceptors (Lipinski definition) is 5. The summed E-state index contributed by atoms with van der Waals surface area (Å²) in [5, 5.41) is 15.7. The number of hydrogen-bond donors (Lipinski definition) is 3. The first-order valence-electron chi connectivity index (χ1n) is 6.43. The van der Waals surface area contributed by atoms with Gasteiger partial charge in [0.05, 0.1) is 29.4 Å². The van der Waals surface area contributed by atoms with Gasteiger partial charge in [-0.3, -0.25) is 4.79 Å². The highest BCUT2D eigenvalue weighted by Crippen LogP contribution is 2.32. The van der Waals surface area contributed by atoms with Gasteiger partial charge < -0.3 is 14.8 Å². The van der Waals surface area contributed by atoms with Gasteiger partial charge in [-0.2, -0.15) is 0 Å². The van der Waals surface area contributed by atoms with Crippen molar-refractivity contribution < 1.29 is 22.7 Å². The second kappa shape index (κ2) is 6.35. The Hall–Kier alpha value is -1.09. The van der Waals surface area contributed by atoms with Gasteiger partial charge in [-0.05, 0) is 25.0 Å². The maximum atomic E-state index is 11.5. The van der Waals surface area contributed by atoms with Crippen LogP contribution >= 0.6 is 11.6 Å². The van der Waals surface area contributed by atoms with Gasteiger partial charge in [0, 0.05) is 6.04 Å². The average Bonchev–Trinajstić information content (AvgIpc) is 2.87. The Kier molecular flexibility index (Phi) is 4.92. The molecule has 1 heterocycles. The lowest BCUT2D eigenvalue weighted by atomic mass is 9.83. The highest BCUT2D eigenvalue weighted by atomic mass is 35.5. The third-order valence-corrected chi connectivity index (χ3v) is 5.71. The summed E-state index contributed by atoms with van der Waals surface area (Å²) in [7, 11) is -3.86. The van der Waals surface area contributed by atoms with Gasteiger partial charge in [0.25, 0.3) is 0 Å². The number of carboxylic acid groups (broad SMARTS) is 1. The van der Waals surface area contributed by atoms with Gasteiger partial charge >= 0.3 is 5.97 Å². The number of furan rings is 1. The molecule has 7 nitrogen and oxygen atoms in total. The second-order valence-corrected chi connectivity index (χ2v) is 7.47. The zero-order chi connectivity index (χ0) is 15.6. The van der Waals surface area contributed by atoms with Crippen LogP contribution in [0.1, 0.15) is 18.6 Å². The zero-order valence-electron chi connectivity index (χ0n) is 11.1.